The van der Waals surface area contributed by atoms with Gasteiger partial charge in [-0.3, -0.25) is 4.79 Å². The van der Waals surface area contributed by atoms with Gasteiger partial charge in [0.25, 0.3) is 5.91 Å². The van der Waals surface area contributed by atoms with Crippen molar-refractivity contribution < 1.29 is 9.18 Å². The van der Waals surface area contributed by atoms with Crippen molar-refractivity contribution in [3.63, 3.8) is 0 Å². The molecule has 3 rings (SSSR count). The number of benzene rings is 1. The molecule has 0 aliphatic carbocycles. The Balaban J connectivity index is 1.95. The average molecular weight is 352 g/mol. The van der Waals surface area contributed by atoms with E-state index in [1.807, 2.05) is 16.7 Å². The van der Waals surface area contributed by atoms with Gasteiger partial charge in [-0.05, 0) is 36.8 Å². The highest BCUT2D eigenvalue weighted by atomic mass is 19.1. The van der Waals surface area contributed by atoms with Crippen molar-refractivity contribution in [1.82, 2.24) is 19.4 Å². The predicted molar refractivity (Wildman–Crippen MR) is 99.2 cm³/mol. The van der Waals surface area contributed by atoms with Crippen LogP contribution in [0.4, 0.5) is 4.39 Å². The summed E-state index contributed by atoms with van der Waals surface area (Å²) in [5.74, 6) is 0.0661. The highest BCUT2D eigenvalue weighted by molar-refractivity contribution is 5.94. The van der Waals surface area contributed by atoms with Gasteiger partial charge in [-0.1, -0.05) is 19.1 Å². The van der Waals surface area contributed by atoms with Crippen molar-refractivity contribution in [1.29, 1.82) is 0 Å². The SMILES string of the molecule is C=CCN(Cc1nc2cccnc2n1CCC)C(=O)c1cccc(F)c1. The van der Waals surface area contributed by atoms with E-state index in [9.17, 15) is 9.18 Å². The first-order chi connectivity index (χ1) is 12.6. The Morgan fingerprint density at radius 3 is 2.92 bits per heavy atom. The highest BCUT2D eigenvalue weighted by Gasteiger charge is 2.19. The average Bonchev–Trinajstić information content (AvgIpc) is 2.98. The first-order valence-electron chi connectivity index (χ1n) is 8.60. The molecule has 0 fully saturated rings. The molecule has 0 aliphatic heterocycles. The number of rotatable bonds is 7. The van der Waals surface area contributed by atoms with Crippen molar-refractivity contribution in [2.24, 2.45) is 0 Å². The van der Waals surface area contributed by atoms with Crippen LogP contribution in [0.25, 0.3) is 11.2 Å². The minimum Gasteiger partial charge on any atom is -0.327 e. The number of hydrogen-bond donors (Lipinski definition) is 0. The van der Waals surface area contributed by atoms with Gasteiger partial charge in [0.2, 0.25) is 0 Å². The summed E-state index contributed by atoms with van der Waals surface area (Å²) in [4.78, 5) is 23.5. The summed E-state index contributed by atoms with van der Waals surface area (Å²) >= 11 is 0. The molecule has 2 heterocycles. The van der Waals surface area contributed by atoms with E-state index >= 15 is 0 Å². The standard InChI is InChI=1S/C20H21FN4O/c1-3-11-24(20(26)15-7-5-8-16(21)13-15)14-18-23-17-9-6-10-22-19(17)25(18)12-4-2/h3,5-10,13H,1,4,11-12,14H2,2H3. The van der Waals surface area contributed by atoms with E-state index in [4.69, 9.17) is 0 Å². The third-order valence-corrected chi connectivity index (χ3v) is 4.07. The minimum atomic E-state index is -0.433. The van der Waals surface area contributed by atoms with E-state index in [1.54, 1.807) is 23.2 Å². The monoisotopic (exact) mass is 352 g/mol. The van der Waals surface area contributed by atoms with Crippen molar-refractivity contribution in [3.05, 3.63) is 72.5 Å². The van der Waals surface area contributed by atoms with Crippen LogP contribution in [0.1, 0.15) is 29.5 Å². The summed E-state index contributed by atoms with van der Waals surface area (Å²) in [5.41, 5.74) is 1.91. The molecule has 0 N–H and O–H groups in total. The second-order valence-corrected chi connectivity index (χ2v) is 6.01. The van der Waals surface area contributed by atoms with Crippen LogP contribution in [0.3, 0.4) is 0 Å². The normalized spacial score (nSPS) is 10.8. The molecule has 0 spiro atoms. The maximum absolute atomic E-state index is 13.5. The molecule has 5 nitrogen and oxygen atoms in total. The Morgan fingerprint density at radius 1 is 1.35 bits per heavy atom. The summed E-state index contributed by atoms with van der Waals surface area (Å²) in [6, 6.07) is 9.46. The molecule has 134 valence electrons. The van der Waals surface area contributed by atoms with Crippen molar-refractivity contribution in [2.45, 2.75) is 26.4 Å². The summed E-state index contributed by atoms with van der Waals surface area (Å²) in [7, 11) is 0. The number of fused-ring (bicyclic) bond motifs is 1. The van der Waals surface area contributed by atoms with Crippen LogP contribution in [0.2, 0.25) is 0 Å². The van der Waals surface area contributed by atoms with Crippen LogP contribution >= 0.6 is 0 Å². The van der Waals surface area contributed by atoms with Gasteiger partial charge in [-0.2, -0.15) is 0 Å². The molecular weight excluding hydrogens is 331 g/mol. The predicted octanol–water partition coefficient (Wildman–Crippen LogP) is 3.81. The van der Waals surface area contributed by atoms with Gasteiger partial charge in [0.05, 0.1) is 6.54 Å². The maximum Gasteiger partial charge on any atom is 0.254 e. The summed E-state index contributed by atoms with van der Waals surface area (Å²) in [6.07, 6.45) is 4.32. The fourth-order valence-corrected chi connectivity index (χ4v) is 2.93. The molecule has 0 saturated carbocycles. The third-order valence-electron chi connectivity index (χ3n) is 4.07. The fourth-order valence-electron chi connectivity index (χ4n) is 2.93. The van der Waals surface area contributed by atoms with Crippen LogP contribution in [-0.2, 0) is 13.1 Å². The van der Waals surface area contributed by atoms with E-state index in [1.165, 1.54) is 18.2 Å². The number of pyridine rings is 1. The van der Waals surface area contributed by atoms with Crippen LogP contribution < -0.4 is 0 Å². The van der Waals surface area contributed by atoms with Crippen LogP contribution in [0.15, 0.2) is 55.3 Å². The van der Waals surface area contributed by atoms with Crippen molar-refractivity contribution >= 4 is 17.1 Å². The van der Waals surface area contributed by atoms with Gasteiger partial charge < -0.3 is 9.47 Å². The Morgan fingerprint density at radius 2 is 2.19 bits per heavy atom. The molecule has 0 radical (unpaired) electrons. The Hall–Kier alpha value is -3.02. The zero-order valence-corrected chi connectivity index (χ0v) is 14.7. The second-order valence-electron chi connectivity index (χ2n) is 6.01. The number of hydrogen-bond acceptors (Lipinski definition) is 3. The molecule has 2 aromatic heterocycles. The van der Waals surface area contributed by atoms with Crippen LogP contribution in [0.5, 0.6) is 0 Å². The van der Waals surface area contributed by atoms with Gasteiger partial charge in [-0.15, -0.1) is 6.58 Å². The molecule has 3 aromatic rings. The number of carbonyl (C=O) groups is 1. The summed E-state index contributed by atoms with van der Waals surface area (Å²) in [5, 5.41) is 0. The first kappa shape index (κ1) is 17.8. The van der Waals surface area contributed by atoms with E-state index in [0.29, 0.717) is 18.7 Å². The Labute approximate surface area is 151 Å². The topological polar surface area (TPSA) is 51.0 Å². The minimum absolute atomic E-state index is 0.257. The lowest BCUT2D eigenvalue weighted by molar-refractivity contribution is 0.0756. The van der Waals surface area contributed by atoms with Gasteiger partial charge in [-0.25, -0.2) is 14.4 Å². The van der Waals surface area contributed by atoms with Gasteiger partial charge in [0.1, 0.15) is 17.2 Å². The number of amides is 1. The van der Waals surface area contributed by atoms with E-state index in [0.717, 1.165) is 30.0 Å². The largest absolute Gasteiger partial charge is 0.327 e. The number of imidazole rings is 1. The van der Waals surface area contributed by atoms with E-state index < -0.39 is 5.82 Å². The zero-order chi connectivity index (χ0) is 18.5. The Kier molecular flexibility index (Phi) is 5.41. The molecule has 0 saturated heterocycles. The second kappa shape index (κ2) is 7.91. The zero-order valence-electron chi connectivity index (χ0n) is 14.7. The van der Waals surface area contributed by atoms with Gasteiger partial charge in [0.15, 0.2) is 5.65 Å². The molecular formula is C20H21FN4O. The quantitative estimate of drug-likeness (QED) is 0.608. The molecule has 0 bridgehead atoms. The third kappa shape index (κ3) is 3.64. The number of carbonyl (C=O) groups excluding carboxylic acids is 1. The number of halogens is 1. The van der Waals surface area contributed by atoms with Gasteiger partial charge in [0, 0.05) is 24.8 Å². The maximum atomic E-state index is 13.5. The van der Waals surface area contributed by atoms with Crippen molar-refractivity contribution in [3.8, 4) is 0 Å². The molecule has 0 atom stereocenters. The molecule has 0 aliphatic rings. The van der Waals surface area contributed by atoms with Crippen LogP contribution in [-0.4, -0.2) is 31.9 Å². The summed E-state index contributed by atoms with van der Waals surface area (Å²) < 4.78 is 15.5. The van der Waals surface area contributed by atoms with E-state index in [-0.39, 0.29) is 5.91 Å². The fraction of sp³-hybridized carbons (Fsp3) is 0.250. The highest BCUT2D eigenvalue weighted by Crippen LogP contribution is 2.17. The molecule has 26 heavy (non-hydrogen) atoms. The van der Waals surface area contributed by atoms with Crippen LogP contribution in [0, 0.1) is 5.82 Å². The lowest BCUT2D eigenvalue weighted by Gasteiger charge is -2.21. The van der Waals surface area contributed by atoms with Crippen molar-refractivity contribution in [2.75, 3.05) is 6.54 Å². The molecule has 1 aromatic carbocycles. The van der Waals surface area contributed by atoms with Gasteiger partial charge >= 0.3 is 0 Å². The number of aryl methyl sites for hydroxylation is 1. The lowest BCUT2D eigenvalue weighted by atomic mass is 10.2. The Bertz CT molecular complexity index is 934. The molecule has 0 unspecified atom stereocenters. The number of nitrogens with zero attached hydrogens (tertiary/aromatic N) is 4. The smallest absolute Gasteiger partial charge is 0.254 e. The molecule has 6 heteroatoms. The number of aromatic nitrogens is 3. The summed E-state index contributed by atoms with van der Waals surface area (Å²) in [6.45, 7) is 7.22. The first-order valence-corrected chi connectivity index (χ1v) is 8.60. The molecule has 1 amide bonds. The lowest BCUT2D eigenvalue weighted by Crippen LogP contribution is -2.32. The van der Waals surface area contributed by atoms with E-state index in [2.05, 4.69) is 23.5 Å².